The molecule has 3 aliphatic rings. The van der Waals surface area contributed by atoms with Gasteiger partial charge in [-0.2, -0.15) is 0 Å². The largest absolute Gasteiger partial charge is 0.338 e. The molecule has 0 bridgehead atoms. The van der Waals surface area contributed by atoms with Crippen LogP contribution in [0.5, 0.6) is 0 Å². The predicted molar refractivity (Wildman–Crippen MR) is 109 cm³/mol. The monoisotopic (exact) mass is 413 g/mol. The molecule has 1 aromatic heterocycles. The molecule has 5 rings (SSSR count). The highest BCUT2D eigenvalue weighted by Gasteiger charge is 2.39. The van der Waals surface area contributed by atoms with Crippen LogP contribution < -0.4 is 5.32 Å². The molecule has 1 amide bonds. The molecule has 1 aliphatic carbocycles. The highest BCUT2D eigenvalue weighted by atomic mass is 35.5. The van der Waals surface area contributed by atoms with Crippen molar-refractivity contribution >= 4 is 53.2 Å². The quantitative estimate of drug-likeness (QED) is 0.810. The highest BCUT2D eigenvalue weighted by molar-refractivity contribution is 6.31. The van der Waals surface area contributed by atoms with Gasteiger partial charge in [0.25, 0.3) is 5.91 Å². The Morgan fingerprint density at radius 1 is 1.12 bits per heavy atom. The molecule has 140 valence electrons. The molecule has 1 saturated carbocycles. The van der Waals surface area contributed by atoms with E-state index in [0.29, 0.717) is 22.8 Å². The number of likely N-dealkylation sites (tertiary alicyclic amines) is 1. The van der Waals surface area contributed by atoms with E-state index in [-0.39, 0.29) is 30.7 Å². The molecule has 26 heavy (non-hydrogen) atoms. The number of hydrogen-bond donors (Lipinski definition) is 1. The molecule has 2 aliphatic heterocycles. The van der Waals surface area contributed by atoms with Crippen molar-refractivity contribution in [3.63, 3.8) is 0 Å². The zero-order valence-corrected chi connectivity index (χ0v) is 16.7. The summed E-state index contributed by atoms with van der Waals surface area (Å²) in [6.07, 6.45) is 2.36. The Labute approximate surface area is 170 Å². The number of hydrogen-bond acceptors (Lipinski definition) is 3. The number of rotatable bonds is 2. The summed E-state index contributed by atoms with van der Waals surface area (Å²) in [6, 6.07) is 7.69. The number of nitrogens with one attached hydrogen (secondary N) is 1. The van der Waals surface area contributed by atoms with Crippen molar-refractivity contribution in [2.45, 2.75) is 18.8 Å². The SMILES string of the molecule is Cl.Cl.O=C(c1cc(C2CC2)nc2ccc(Cl)cc12)N1C[C@H]2CNC[C@H]2C1. The summed E-state index contributed by atoms with van der Waals surface area (Å²) < 4.78 is 0. The standard InChI is InChI=1S/C19H20ClN3O.2ClH/c20-14-3-4-17-15(5-14)16(6-18(22-17)11-1-2-11)19(24)23-9-12-7-21-8-13(12)10-23;;/h3-6,11-13,21H,1-2,7-10H2;2*1H/t12-,13+;;. The second kappa shape index (κ2) is 7.51. The fourth-order valence-electron chi connectivity index (χ4n) is 4.18. The summed E-state index contributed by atoms with van der Waals surface area (Å²) in [5.41, 5.74) is 2.72. The maximum Gasteiger partial charge on any atom is 0.254 e. The normalized spacial score (nSPS) is 24.1. The second-order valence-electron chi connectivity index (χ2n) is 7.42. The van der Waals surface area contributed by atoms with Gasteiger partial charge in [0.2, 0.25) is 0 Å². The fraction of sp³-hybridized carbons (Fsp3) is 0.474. The van der Waals surface area contributed by atoms with Crippen LogP contribution in [-0.4, -0.2) is 42.0 Å². The number of amides is 1. The fourth-order valence-corrected chi connectivity index (χ4v) is 4.35. The average Bonchev–Trinajstić information content (AvgIpc) is 3.21. The van der Waals surface area contributed by atoms with E-state index in [9.17, 15) is 4.79 Å². The summed E-state index contributed by atoms with van der Waals surface area (Å²) in [4.78, 5) is 20.0. The van der Waals surface area contributed by atoms with Crippen molar-refractivity contribution < 1.29 is 4.79 Å². The van der Waals surface area contributed by atoms with Crippen LogP contribution in [0.4, 0.5) is 0 Å². The average molecular weight is 415 g/mol. The molecule has 2 saturated heterocycles. The van der Waals surface area contributed by atoms with E-state index < -0.39 is 0 Å². The first kappa shape index (κ1) is 19.7. The molecule has 7 heteroatoms. The van der Waals surface area contributed by atoms with Crippen LogP contribution in [-0.2, 0) is 0 Å². The molecular formula is C19H22Cl3N3O. The van der Waals surface area contributed by atoms with Crippen LogP contribution in [0, 0.1) is 11.8 Å². The van der Waals surface area contributed by atoms with Crippen LogP contribution in [0.15, 0.2) is 24.3 Å². The first-order valence-corrected chi connectivity index (χ1v) is 9.17. The van der Waals surface area contributed by atoms with Gasteiger partial charge in [-0.3, -0.25) is 9.78 Å². The first-order chi connectivity index (χ1) is 11.7. The van der Waals surface area contributed by atoms with Crippen molar-refractivity contribution in [3.8, 4) is 0 Å². The Bertz CT molecular complexity index is 828. The van der Waals surface area contributed by atoms with Gasteiger partial charge in [0.1, 0.15) is 0 Å². The van der Waals surface area contributed by atoms with E-state index >= 15 is 0 Å². The second-order valence-corrected chi connectivity index (χ2v) is 7.86. The number of carbonyl (C=O) groups excluding carboxylic acids is 1. The zero-order chi connectivity index (χ0) is 16.3. The summed E-state index contributed by atoms with van der Waals surface area (Å²) >= 11 is 6.19. The van der Waals surface area contributed by atoms with E-state index in [4.69, 9.17) is 16.6 Å². The van der Waals surface area contributed by atoms with Crippen molar-refractivity contribution in [3.05, 3.63) is 40.5 Å². The van der Waals surface area contributed by atoms with Gasteiger partial charge in [0.05, 0.1) is 11.1 Å². The topological polar surface area (TPSA) is 45.2 Å². The van der Waals surface area contributed by atoms with Crippen LogP contribution in [0.3, 0.4) is 0 Å². The molecule has 0 unspecified atom stereocenters. The molecular weight excluding hydrogens is 393 g/mol. The third-order valence-electron chi connectivity index (χ3n) is 5.69. The van der Waals surface area contributed by atoms with Crippen LogP contribution >= 0.6 is 36.4 Å². The molecule has 3 fully saturated rings. The van der Waals surface area contributed by atoms with Crippen molar-refractivity contribution in [2.24, 2.45) is 11.8 Å². The maximum absolute atomic E-state index is 13.2. The Morgan fingerprint density at radius 3 is 2.46 bits per heavy atom. The minimum atomic E-state index is 0. The van der Waals surface area contributed by atoms with Crippen LogP contribution in [0.2, 0.25) is 5.02 Å². The molecule has 1 aromatic carbocycles. The molecule has 0 spiro atoms. The van der Waals surface area contributed by atoms with Gasteiger partial charge in [-0.1, -0.05) is 11.6 Å². The molecule has 4 nitrogen and oxygen atoms in total. The van der Waals surface area contributed by atoms with E-state index in [0.717, 1.165) is 48.3 Å². The van der Waals surface area contributed by atoms with Gasteiger partial charge in [-0.15, -0.1) is 24.8 Å². The highest BCUT2D eigenvalue weighted by Crippen LogP contribution is 2.40. The zero-order valence-electron chi connectivity index (χ0n) is 14.3. The lowest BCUT2D eigenvalue weighted by molar-refractivity contribution is 0.0783. The Morgan fingerprint density at radius 2 is 1.81 bits per heavy atom. The maximum atomic E-state index is 13.2. The number of fused-ring (bicyclic) bond motifs is 2. The molecule has 2 aromatic rings. The van der Waals surface area contributed by atoms with E-state index in [1.165, 1.54) is 12.8 Å². The molecule has 0 radical (unpaired) electrons. The van der Waals surface area contributed by atoms with Gasteiger partial charge < -0.3 is 10.2 Å². The number of aromatic nitrogens is 1. The lowest BCUT2D eigenvalue weighted by atomic mass is 10.0. The van der Waals surface area contributed by atoms with E-state index in [1.807, 2.05) is 29.2 Å². The number of benzene rings is 1. The van der Waals surface area contributed by atoms with E-state index in [1.54, 1.807) is 0 Å². The van der Waals surface area contributed by atoms with Gasteiger partial charge in [-0.25, -0.2) is 0 Å². The summed E-state index contributed by atoms with van der Waals surface area (Å²) in [6.45, 7) is 3.79. The Kier molecular flexibility index (Phi) is 5.69. The summed E-state index contributed by atoms with van der Waals surface area (Å²) in [7, 11) is 0. The molecule has 3 heterocycles. The predicted octanol–water partition coefficient (Wildman–Crippen LogP) is 3.90. The molecule has 2 atom stereocenters. The van der Waals surface area contributed by atoms with Crippen molar-refractivity contribution in [1.29, 1.82) is 0 Å². The third-order valence-corrected chi connectivity index (χ3v) is 5.93. The Hall–Kier alpha value is -1.07. The third kappa shape index (κ3) is 3.40. The first-order valence-electron chi connectivity index (χ1n) is 8.79. The van der Waals surface area contributed by atoms with Crippen LogP contribution in [0.1, 0.15) is 34.8 Å². The van der Waals surface area contributed by atoms with Gasteiger partial charge in [-0.05, 0) is 48.9 Å². The minimum absolute atomic E-state index is 0. The molecule has 1 N–H and O–H groups in total. The number of carbonyl (C=O) groups is 1. The van der Waals surface area contributed by atoms with E-state index in [2.05, 4.69) is 5.32 Å². The summed E-state index contributed by atoms with van der Waals surface area (Å²) in [5, 5.41) is 4.96. The van der Waals surface area contributed by atoms with Crippen molar-refractivity contribution in [2.75, 3.05) is 26.2 Å². The number of pyridine rings is 1. The minimum Gasteiger partial charge on any atom is -0.338 e. The Balaban J connectivity index is 0.000000980. The number of halogens is 3. The smallest absolute Gasteiger partial charge is 0.254 e. The number of nitrogens with zero attached hydrogens (tertiary/aromatic N) is 2. The summed E-state index contributed by atoms with van der Waals surface area (Å²) in [5.74, 6) is 1.88. The van der Waals surface area contributed by atoms with Crippen molar-refractivity contribution in [1.82, 2.24) is 15.2 Å². The lowest BCUT2D eigenvalue weighted by Gasteiger charge is -2.19. The lowest BCUT2D eigenvalue weighted by Crippen LogP contribution is -2.32. The van der Waals surface area contributed by atoms with Gasteiger partial charge in [0, 0.05) is 48.2 Å². The van der Waals surface area contributed by atoms with Gasteiger partial charge >= 0.3 is 0 Å². The van der Waals surface area contributed by atoms with Gasteiger partial charge in [0.15, 0.2) is 0 Å². The van der Waals surface area contributed by atoms with Crippen LogP contribution in [0.25, 0.3) is 10.9 Å².